The second-order valence-corrected chi connectivity index (χ2v) is 11.6. The van der Waals surface area contributed by atoms with Gasteiger partial charge in [0.05, 0.1) is 17.4 Å². The maximum Gasteiger partial charge on any atom is 0.416 e. The normalized spacial score (nSPS) is 15.1. The number of aromatic nitrogens is 1. The fourth-order valence-electron chi connectivity index (χ4n) is 5.45. The summed E-state index contributed by atoms with van der Waals surface area (Å²) in [6, 6.07) is 20.3. The van der Waals surface area contributed by atoms with Gasteiger partial charge in [0.25, 0.3) is 5.91 Å². The number of carbonyl (C=O) groups is 2. The van der Waals surface area contributed by atoms with Crippen molar-refractivity contribution in [2.45, 2.75) is 32.1 Å². The minimum absolute atomic E-state index is 0.0806. The van der Waals surface area contributed by atoms with Gasteiger partial charge in [-0.2, -0.15) is 13.2 Å². The number of pyridine rings is 1. The number of ether oxygens (including phenoxy) is 3. The highest BCUT2D eigenvalue weighted by atomic mass is 19.4. The van der Waals surface area contributed by atoms with E-state index in [4.69, 9.17) is 14.2 Å². The van der Waals surface area contributed by atoms with E-state index in [2.05, 4.69) is 20.5 Å². The number of benzene rings is 3. The quantitative estimate of drug-likeness (QED) is 0.201. The molecule has 48 heavy (non-hydrogen) atoms. The summed E-state index contributed by atoms with van der Waals surface area (Å²) in [6.45, 7) is 6.00. The fraction of sp³-hybridized carbons (Fsp3) is 0.286. The first kappa shape index (κ1) is 32.6. The number of alkyl halides is 3. The van der Waals surface area contributed by atoms with E-state index < -0.39 is 17.6 Å². The van der Waals surface area contributed by atoms with E-state index in [0.29, 0.717) is 30.9 Å². The third-order valence-corrected chi connectivity index (χ3v) is 8.01. The molecular weight excluding hydrogens is 627 g/mol. The number of piperazine rings is 1. The molecule has 13 heteroatoms. The van der Waals surface area contributed by atoms with Crippen molar-refractivity contribution >= 4 is 23.2 Å². The summed E-state index contributed by atoms with van der Waals surface area (Å²) >= 11 is 0. The molecule has 6 rings (SSSR count). The number of rotatable bonds is 10. The van der Waals surface area contributed by atoms with Crippen LogP contribution in [0.2, 0.25) is 0 Å². The highest BCUT2D eigenvalue weighted by Crippen LogP contribution is 2.33. The predicted molar refractivity (Wildman–Crippen MR) is 172 cm³/mol. The second kappa shape index (κ2) is 14.2. The molecule has 1 aromatic heterocycles. The molecule has 0 radical (unpaired) electrons. The Morgan fingerprint density at radius 3 is 2.29 bits per heavy atom. The Hall–Kier alpha value is -5.30. The van der Waals surface area contributed by atoms with Crippen LogP contribution in [0.25, 0.3) is 0 Å². The lowest BCUT2D eigenvalue weighted by Gasteiger charge is -2.35. The summed E-state index contributed by atoms with van der Waals surface area (Å²) in [5, 5.41) is 5.97. The van der Waals surface area contributed by atoms with Gasteiger partial charge >= 0.3 is 6.18 Å². The van der Waals surface area contributed by atoms with Crippen LogP contribution in [-0.4, -0.2) is 65.6 Å². The van der Waals surface area contributed by atoms with Crippen LogP contribution in [0.15, 0.2) is 85.1 Å². The second-order valence-electron chi connectivity index (χ2n) is 11.6. The van der Waals surface area contributed by atoms with Crippen LogP contribution in [0.3, 0.4) is 0 Å². The summed E-state index contributed by atoms with van der Waals surface area (Å²) in [5.41, 5.74) is 1.61. The zero-order valence-corrected chi connectivity index (χ0v) is 26.1. The van der Waals surface area contributed by atoms with Gasteiger partial charge in [0.1, 0.15) is 5.75 Å². The molecule has 2 aliphatic heterocycles. The maximum atomic E-state index is 13.0. The van der Waals surface area contributed by atoms with Gasteiger partial charge in [0.2, 0.25) is 18.6 Å². The molecule has 10 nitrogen and oxygen atoms in total. The van der Waals surface area contributed by atoms with Gasteiger partial charge in [-0.15, -0.1) is 0 Å². The van der Waals surface area contributed by atoms with Crippen molar-refractivity contribution in [2.24, 2.45) is 0 Å². The van der Waals surface area contributed by atoms with Crippen molar-refractivity contribution in [1.82, 2.24) is 14.8 Å². The number of nitrogens with zero attached hydrogens (tertiary/aromatic N) is 3. The Morgan fingerprint density at radius 1 is 0.896 bits per heavy atom. The Balaban J connectivity index is 0.918. The van der Waals surface area contributed by atoms with Crippen LogP contribution in [-0.2, 0) is 17.5 Å². The third-order valence-electron chi connectivity index (χ3n) is 8.01. The van der Waals surface area contributed by atoms with Gasteiger partial charge < -0.3 is 29.7 Å². The first-order chi connectivity index (χ1) is 23.1. The minimum Gasteiger partial charge on any atom is -0.454 e. The largest absolute Gasteiger partial charge is 0.454 e. The Bertz CT molecular complexity index is 1730. The van der Waals surface area contributed by atoms with Crippen LogP contribution in [0, 0.1) is 0 Å². The molecule has 0 spiro atoms. The highest BCUT2D eigenvalue weighted by Gasteiger charge is 2.30. The Labute approximate surface area is 275 Å². The molecule has 2 aliphatic rings. The highest BCUT2D eigenvalue weighted by molar-refractivity contribution is 6.04. The van der Waals surface area contributed by atoms with Gasteiger partial charge in [0, 0.05) is 62.5 Å². The molecule has 1 saturated heterocycles. The molecule has 3 heterocycles. The molecular formula is C35H34F3N5O5. The molecule has 3 aromatic carbocycles. The SMILES string of the molecule is CC(CC(=O)N1CCN(Cc2ccc3c(c2)OCO3)CC1)Nc1ccc(Oc2ccc(NC(=O)c3ccc(C(F)(F)F)cc3)cn2)cc1. The number of hydrogen-bond acceptors (Lipinski definition) is 8. The number of amides is 2. The number of halogens is 3. The minimum atomic E-state index is -4.47. The van der Waals surface area contributed by atoms with Crippen molar-refractivity contribution < 1.29 is 37.0 Å². The number of carbonyl (C=O) groups excluding carboxylic acids is 2. The Kier molecular flexibility index (Phi) is 9.67. The van der Waals surface area contributed by atoms with Gasteiger partial charge in [-0.25, -0.2) is 4.98 Å². The topological polar surface area (TPSA) is 105 Å². The molecule has 250 valence electrons. The van der Waals surface area contributed by atoms with E-state index >= 15 is 0 Å². The van der Waals surface area contributed by atoms with Gasteiger partial charge in [-0.05, 0) is 79.2 Å². The van der Waals surface area contributed by atoms with E-state index in [9.17, 15) is 22.8 Å². The molecule has 2 amide bonds. The van der Waals surface area contributed by atoms with Gasteiger partial charge in [0.15, 0.2) is 11.5 Å². The smallest absolute Gasteiger partial charge is 0.416 e. The summed E-state index contributed by atoms with van der Waals surface area (Å²) in [7, 11) is 0. The van der Waals surface area contributed by atoms with Crippen LogP contribution >= 0.6 is 0 Å². The van der Waals surface area contributed by atoms with Crippen LogP contribution < -0.4 is 24.8 Å². The van der Waals surface area contributed by atoms with E-state index in [1.807, 2.05) is 42.2 Å². The van der Waals surface area contributed by atoms with Gasteiger partial charge in [-0.1, -0.05) is 6.07 Å². The summed E-state index contributed by atoms with van der Waals surface area (Å²) in [6.07, 6.45) is -2.71. The lowest BCUT2D eigenvalue weighted by Crippen LogP contribution is -2.49. The number of anilines is 2. The molecule has 1 unspecified atom stereocenters. The summed E-state index contributed by atoms with van der Waals surface area (Å²) < 4.78 is 55.0. The first-order valence-electron chi connectivity index (χ1n) is 15.5. The molecule has 4 aromatic rings. The predicted octanol–water partition coefficient (Wildman–Crippen LogP) is 6.41. The zero-order valence-electron chi connectivity index (χ0n) is 26.1. The van der Waals surface area contributed by atoms with E-state index in [0.717, 1.165) is 66.6 Å². The van der Waals surface area contributed by atoms with E-state index in [-0.39, 0.29) is 30.2 Å². The van der Waals surface area contributed by atoms with Crippen LogP contribution in [0.1, 0.15) is 34.8 Å². The van der Waals surface area contributed by atoms with Crippen molar-refractivity contribution in [3.05, 3.63) is 102 Å². The van der Waals surface area contributed by atoms with Crippen molar-refractivity contribution in [3.8, 4) is 23.1 Å². The first-order valence-corrected chi connectivity index (χ1v) is 15.5. The molecule has 0 bridgehead atoms. The lowest BCUT2D eigenvalue weighted by atomic mass is 10.1. The Morgan fingerprint density at radius 2 is 1.60 bits per heavy atom. The maximum absolute atomic E-state index is 13.0. The van der Waals surface area contributed by atoms with Crippen molar-refractivity contribution in [2.75, 3.05) is 43.6 Å². The molecule has 0 aliphatic carbocycles. The monoisotopic (exact) mass is 661 g/mol. The summed E-state index contributed by atoms with van der Waals surface area (Å²) in [4.78, 5) is 33.9. The zero-order chi connectivity index (χ0) is 33.7. The van der Waals surface area contributed by atoms with Crippen LogP contribution in [0.4, 0.5) is 24.5 Å². The average molecular weight is 662 g/mol. The number of hydrogen-bond donors (Lipinski definition) is 2. The van der Waals surface area contributed by atoms with E-state index in [1.54, 1.807) is 24.3 Å². The number of nitrogens with one attached hydrogen (secondary N) is 2. The summed E-state index contributed by atoms with van der Waals surface area (Å²) in [5.74, 6) is 1.93. The van der Waals surface area contributed by atoms with Crippen molar-refractivity contribution in [3.63, 3.8) is 0 Å². The number of fused-ring (bicyclic) bond motifs is 1. The molecule has 2 N–H and O–H groups in total. The van der Waals surface area contributed by atoms with Gasteiger partial charge in [-0.3, -0.25) is 14.5 Å². The standard InChI is InChI=1S/C35H34F3N5O5/c1-23(18-33(44)43-16-14-42(15-17-43)21-24-2-12-30-31(19-24)47-22-46-30)40-27-7-10-29(11-8-27)48-32-13-9-28(20-39-32)41-34(45)25-3-5-26(6-4-25)35(36,37)38/h2-13,19-20,23,40H,14-18,21-22H2,1H3,(H,41,45). The lowest BCUT2D eigenvalue weighted by molar-refractivity contribution is -0.137. The molecule has 0 saturated carbocycles. The molecule has 1 atom stereocenters. The third kappa shape index (κ3) is 8.34. The van der Waals surface area contributed by atoms with Crippen LogP contribution in [0.5, 0.6) is 23.1 Å². The van der Waals surface area contributed by atoms with E-state index in [1.165, 1.54) is 6.20 Å². The fourth-order valence-corrected chi connectivity index (χ4v) is 5.45. The molecule has 1 fully saturated rings. The average Bonchev–Trinajstić information content (AvgIpc) is 3.55. The van der Waals surface area contributed by atoms with Crippen molar-refractivity contribution in [1.29, 1.82) is 0 Å².